The molecule has 2 N–H and O–H groups in total. The molecule has 156 valence electrons. The van der Waals surface area contributed by atoms with Crippen molar-refractivity contribution in [3.63, 3.8) is 0 Å². The standard InChI is InChI=1S/C21H23N5O2S2/c1-13(20(28)22-12-18-7-4-10-29-18)30-21-25-24-19(15-8-9-15)26(21)17-6-3-5-16(11-17)23-14(2)27/h3-7,10-11,13,15H,8-9,12H2,1-2H3,(H,22,28)(H,23,27). The molecule has 2 amide bonds. The predicted molar refractivity (Wildman–Crippen MR) is 119 cm³/mol. The molecule has 1 atom stereocenters. The van der Waals surface area contributed by atoms with Gasteiger partial charge in [-0.15, -0.1) is 21.5 Å². The molecule has 0 bridgehead atoms. The van der Waals surface area contributed by atoms with E-state index in [4.69, 9.17) is 0 Å². The normalized spacial score (nSPS) is 14.3. The van der Waals surface area contributed by atoms with Crippen LogP contribution >= 0.6 is 23.1 Å². The number of nitrogens with one attached hydrogen (secondary N) is 2. The molecule has 0 radical (unpaired) electrons. The zero-order valence-electron chi connectivity index (χ0n) is 16.8. The molecule has 1 aromatic carbocycles. The summed E-state index contributed by atoms with van der Waals surface area (Å²) in [5, 5.41) is 17.0. The third kappa shape index (κ3) is 4.91. The van der Waals surface area contributed by atoms with Crippen molar-refractivity contribution in [3.05, 3.63) is 52.5 Å². The van der Waals surface area contributed by atoms with Crippen LogP contribution in [-0.4, -0.2) is 31.8 Å². The first kappa shape index (κ1) is 20.6. The van der Waals surface area contributed by atoms with Crippen molar-refractivity contribution >= 4 is 40.6 Å². The molecule has 7 nitrogen and oxygen atoms in total. The molecule has 1 fully saturated rings. The Balaban J connectivity index is 1.54. The third-order valence-electron chi connectivity index (χ3n) is 4.69. The topological polar surface area (TPSA) is 88.9 Å². The molecule has 1 aliphatic carbocycles. The molecule has 9 heteroatoms. The SMILES string of the molecule is CC(=O)Nc1cccc(-n2c(SC(C)C(=O)NCc3cccs3)nnc2C2CC2)c1. The highest BCUT2D eigenvalue weighted by Crippen LogP contribution is 2.41. The predicted octanol–water partition coefficient (Wildman–Crippen LogP) is 3.96. The van der Waals surface area contributed by atoms with Gasteiger partial charge in [-0.1, -0.05) is 23.9 Å². The molecular formula is C21H23N5O2S2. The first-order chi connectivity index (χ1) is 14.5. The number of amides is 2. The second-order valence-corrected chi connectivity index (χ2v) is 9.58. The minimum absolute atomic E-state index is 0.0390. The lowest BCUT2D eigenvalue weighted by molar-refractivity contribution is -0.120. The minimum Gasteiger partial charge on any atom is -0.350 e. The average Bonchev–Trinajstić information content (AvgIpc) is 3.26. The molecule has 30 heavy (non-hydrogen) atoms. The summed E-state index contributed by atoms with van der Waals surface area (Å²) in [5.41, 5.74) is 1.59. The first-order valence-corrected chi connectivity index (χ1v) is 11.6. The Labute approximate surface area is 183 Å². The Morgan fingerprint density at radius 1 is 1.27 bits per heavy atom. The molecule has 0 saturated heterocycles. The number of carbonyl (C=O) groups is 2. The zero-order valence-corrected chi connectivity index (χ0v) is 18.4. The summed E-state index contributed by atoms with van der Waals surface area (Å²) in [7, 11) is 0. The Morgan fingerprint density at radius 2 is 2.10 bits per heavy atom. The number of anilines is 1. The number of hydrogen-bond acceptors (Lipinski definition) is 6. The lowest BCUT2D eigenvalue weighted by Crippen LogP contribution is -2.30. The summed E-state index contributed by atoms with van der Waals surface area (Å²) in [5.74, 6) is 1.13. The molecule has 2 aromatic heterocycles. The van der Waals surface area contributed by atoms with Gasteiger partial charge in [0, 0.05) is 23.4 Å². The van der Waals surface area contributed by atoms with E-state index in [0.29, 0.717) is 23.3 Å². The largest absolute Gasteiger partial charge is 0.350 e. The maximum atomic E-state index is 12.6. The first-order valence-electron chi connectivity index (χ1n) is 9.81. The van der Waals surface area contributed by atoms with Crippen LogP contribution in [0, 0.1) is 0 Å². The summed E-state index contributed by atoms with van der Waals surface area (Å²) in [6.07, 6.45) is 2.18. The fourth-order valence-corrected chi connectivity index (χ4v) is 4.62. The highest BCUT2D eigenvalue weighted by Gasteiger charge is 2.32. The molecule has 1 saturated carbocycles. The number of rotatable bonds is 8. The molecule has 0 spiro atoms. The van der Waals surface area contributed by atoms with E-state index in [2.05, 4.69) is 20.8 Å². The average molecular weight is 442 g/mol. The van der Waals surface area contributed by atoms with Crippen molar-refractivity contribution in [1.82, 2.24) is 20.1 Å². The van der Waals surface area contributed by atoms with Crippen LogP contribution in [0.4, 0.5) is 5.69 Å². The van der Waals surface area contributed by atoms with Gasteiger partial charge < -0.3 is 10.6 Å². The van der Waals surface area contributed by atoms with Gasteiger partial charge in [-0.3, -0.25) is 14.2 Å². The van der Waals surface area contributed by atoms with Gasteiger partial charge in [-0.2, -0.15) is 0 Å². The van der Waals surface area contributed by atoms with Crippen LogP contribution in [0.1, 0.15) is 43.3 Å². The van der Waals surface area contributed by atoms with Crippen molar-refractivity contribution in [2.75, 3.05) is 5.32 Å². The van der Waals surface area contributed by atoms with E-state index in [9.17, 15) is 9.59 Å². The second-order valence-electron chi connectivity index (χ2n) is 7.24. The van der Waals surface area contributed by atoms with E-state index in [1.807, 2.05) is 53.3 Å². The van der Waals surface area contributed by atoms with Crippen LogP contribution in [0.5, 0.6) is 0 Å². The van der Waals surface area contributed by atoms with Crippen molar-refractivity contribution < 1.29 is 9.59 Å². The van der Waals surface area contributed by atoms with Gasteiger partial charge in [0.1, 0.15) is 5.82 Å². The smallest absolute Gasteiger partial charge is 0.233 e. The van der Waals surface area contributed by atoms with Crippen LogP contribution in [0.25, 0.3) is 5.69 Å². The Morgan fingerprint density at radius 3 is 2.80 bits per heavy atom. The lowest BCUT2D eigenvalue weighted by atomic mass is 10.2. The lowest BCUT2D eigenvalue weighted by Gasteiger charge is -2.14. The van der Waals surface area contributed by atoms with Gasteiger partial charge in [0.15, 0.2) is 5.16 Å². The monoisotopic (exact) mass is 441 g/mol. The molecule has 4 rings (SSSR count). The third-order valence-corrected chi connectivity index (χ3v) is 6.61. The molecule has 1 unspecified atom stereocenters. The Kier molecular flexibility index (Phi) is 6.19. The second kappa shape index (κ2) is 9.01. The van der Waals surface area contributed by atoms with Gasteiger partial charge in [-0.25, -0.2) is 0 Å². The van der Waals surface area contributed by atoms with E-state index in [0.717, 1.165) is 29.2 Å². The summed E-state index contributed by atoms with van der Waals surface area (Å²) in [6, 6.07) is 11.6. The molecule has 2 heterocycles. The maximum absolute atomic E-state index is 12.6. The number of aromatic nitrogens is 3. The van der Waals surface area contributed by atoms with Crippen LogP contribution < -0.4 is 10.6 Å². The quantitative estimate of drug-likeness (QED) is 0.517. The van der Waals surface area contributed by atoms with Crippen LogP contribution in [0.3, 0.4) is 0 Å². The van der Waals surface area contributed by atoms with E-state index >= 15 is 0 Å². The van der Waals surface area contributed by atoms with E-state index in [1.54, 1.807) is 11.3 Å². The van der Waals surface area contributed by atoms with Crippen molar-refractivity contribution in [2.45, 2.75) is 49.6 Å². The van der Waals surface area contributed by atoms with Gasteiger partial charge in [0.05, 0.1) is 17.5 Å². The van der Waals surface area contributed by atoms with E-state index in [1.165, 1.54) is 18.7 Å². The van der Waals surface area contributed by atoms with Crippen LogP contribution in [0.15, 0.2) is 46.9 Å². The highest BCUT2D eigenvalue weighted by molar-refractivity contribution is 8.00. The fraction of sp³-hybridized carbons (Fsp3) is 0.333. The van der Waals surface area contributed by atoms with Crippen molar-refractivity contribution in [1.29, 1.82) is 0 Å². The summed E-state index contributed by atoms with van der Waals surface area (Å²) < 4.78 is 2.01. The van der Waals surface area contributed by atoms with Gasteiger partial charge in [0.2, 0.25) is 11.8 Å². The van der Waals surface area contributed by atoms with Crippen LogP contribution in [-0.2, 0) is 16.1 Å². The van der Waals surface area contributed by atoms with Gasteiger partial charge in [0.25, 0.3) is 0 Å². The van der Waals surface area contributed by atoms with Crippen molar-refractivity contribution in [2.24, 2.45) is 0 Å². The van der Waals surface area contributed by atoms with Gasteiger partial charge >= 0.3 is 0 Å². The molecular weight excluding hydrogens is 418 g/mol. The molecule has 3 aromatic rings. The minimum atomic E-state index is -0.321. The van der Waals surface area contributed by atoms with E-state index < -0.39 is 0 Å². The number of nitrogens with zero attached hydrogens (tertiary/aromatic N) is 3. The summed E-state index contributed by atoms with van der Waals surface area (Å²) in [6.45, 7) is 3.89. The number of carbonyl (C=O) groups excluding carboxylic acids is 2. The Hall–Kier alpha value is -2.65. The zero-order chi connectivity index (χ0) is 21.1. The van der Waals surface area contributed by atoms with Gasteiger partial charge in [-0.05, 0) is 49.4 Å². The molecule has 0 aliphatic heterocycles. The maximum Gasteiger partial charge on any atom is 0.233 e. The fourth-order valence-electron chi connectivity index (χ4n) is 3.07. The summed E-state index contributed by atoms with van der Waals surface area (Å²) in [4.78, 5) is 25.1. The van der Waals surface area contributed by atoms with Crippen LogP contribution in [0.2, 0.25) is 0 Å². The number of thiophene rings is 1. The Bertz CT molecular complexity index is 1040. The summed E-state index contributed by atoms with van der Waals surface area (Å²) >= 11 is 3.01. The van der Waals surface area contributed by atoms with E-state index in [-0.39, 0.29) is 17.1 Å². The number of hydrogen-bond donors (Lipinski definition) is 2. The van der Waals surface area contributed by atoms with Crippen molar-refractivity contribution in [3.8, 4) is 5.69 Å². The highest BCUT2D eigenvalue weighted by atomic mass is 32.2. The number of thioether (sulfide) groups is 1. The molecule has 1 aliphatic rings. The number of benzene rings is 1.